The van der Waals surface area contributed by atoms with Crippen molar-refractivity contribution in [1.82, 2.24) is 10.2 Å². The van der Waals surface area contributed by atoms with Crippen LogP contribution in [-0.4, -0.2) is 40.1 Å². The molecule has 1 saturated heterocycles. The van der Waals surface area contributed by atoms with Crippen molar-refractivity contribution < 1.29 is 0 Å². The van der Waals surface area contributed by atoms with Gasteiger partial charge in [0.1, 0.15) is 0 Å². The molecule has 2 nitrogen and oxygen atoms in total. The van der Waals surface area contributed by atoms with E-state index in [9.17, 15) is 0 Å². The van der Waals surface area contributed by atoms with E-state index in [0.717, 1.165) is 24.7 Å². The van der Waals surface area contributed by atoms with Crippen LogP contribution in [0, 0.1) is 5.92 Å². The first kappa shape index (κ1) is 13.1. The van der Waals surface area contributed by atoms with Crippen LogP contribution in [0.2, 0.25) is 0 Å². The molecule has 0 aromatic carbocycles. The molecule has 0 bridgehead atoms. The van der Waals surface area contributed by atoms with Crippen LogP contribution in [-0.2, 0) is 0 Å². The van der Waals surface area contributed by atoms with E-state index >= 15 is 0 Å². The predicted octanol–water partition coefficient (Wildman–Crippen LogP) is 2.34. The SMILES string of the molecule is CC(C)CNC(=S)N1CC(C)SC(C)C1. The van der Waals surface area contributed by atoms with Gasteiger partial charge in [-0.2, -0.15) is 11.8 Å². The molecule has 1 aliphatic heterocycles. The third-order valence-electron chi connectivity index (χ3n) is 2.37. The molecule has 0 radical (unpaired) electrons. The third kappa shape index (κ3) is 4.60. The molecule has 1 aliphatic rings. The lowest BCUT2D eigenvalue weighted by molar-refractivity contribution is 0.400. The summed E-state index contributed by atoms with van der Waals surface area (Å²) in [4.78, 5) is 2.31. The van der Waals surface area contributed by atoms with Crippen LogP contribution in [0.5, 0.6) is 0 Å². The van der Waals surface area contributed by atoms with Crippen molar-refractivity contribution in [3.05, 3.63) is 0 Å². The Morgan fingerprint density at radius 3 is 2.40 bits per heavy atom. The fourth-order valence-electron chi connectivity index (χ4n) is 1.75. The average Bonchev–Trinajstić information content (AvgIpc) is 2.12. The average molecular weight is 246 g/mol. The lowest BCUT2D eigenvalue weighted by Crippen LogP contribution is -2.49. The third-order valence-corrected chi connectivity index (χ3v) is 4.00. The van der Waals surface area contributed by atoms with Crippen molar-refractivity contribution in [3.8, 4) is 0 Å². The quantitative estimate of drug-likeness (QED) is 0.752. The second kappa shape index (κ2) is 5.94. The summed E-state index contributed by atoms with van der Waals surface area (Å²) in [6.07, 6.45) is 0. The van der Waals surface area contributed by atoms with Gasteiger partial charge in [-0.1, -0.05) is 27.7 Å². The molecular formula is C11H22N2S2. The zero-order chi connectivity index (χ0) is 11.4. The number of nitrogens with zero attached hydrogens (tertiary/aromatic N) is 1. The van der Waals surface area contributed by atoms with E-state index in [-0.39, 0.29) is 0 Å². The minimum Gasteiger partial charge on any atom is -0.362 e. The summed E-state index contributed by atoms with van der Waals surface area (Å²) in [5.74, 6) is 0.650. The monoisotopic (exact) mass is 246 g/mol. The van der Waals surface area contributed by atoms with Crippen LogP contribution >= 0.6 is 24.0 Å². The molecule has 0 aromatic heterocycles. The van der Waals surface area contributed by atoms with E-state index in [2.05, 4.69) is 49.7 Å². The van der Waals surface area contributed by atoms with Crippen molar-refractivity contribution in [2.24, 2.45) is 5.92 Å². The Labute approximate surface area is 103 Å². The maximum Gasteiger partial charge on any atom is 0.169 e. The van der Waals surface area contributed by atoms with Crippen LogP contribution in [0.1, 0.15) is 27.7 Å². The van der Waals surface area contributed by atoms with Gasteiger partial charge in [-0.05, 0) is 18.1 Å². The highest BCUT2D eigenvalue weighted by Crippen LogP contribution is 2.24. The molecule has 0 saturated carbocycles. The Kier molecular flexibility index (Phi) is 5.19. The summed E-state index contributed by atoms with van der Waals surface area (Å²) in [7, 11) is 0. The van der Waals surface area contributed by atoms with Crippen LogP contribution in [0.3, 0.4) is 0 Å². The van der Waals surface area contributed by atoms with Crippen molar-refractivity contribution in [2.45, 2.75) is 38.2 Å². The van der Waals surface area contributed by atoms with Crippen LogP contribution in [0.4, 0.5) is 0 Å². The molecule has 1 fully saturated rings. The van der Waals surface area contributed by atoms with Gasteiger partial charge in [0.15, 0.2) is 5.11 Å². The van der Waals surface area contributed by atoms with Gasteiger partial charge in [-0.25, -0.2) is 0 Å². The van der Waals surface area contributed by atoms with Crippen LogP contribution in [0.25, 0.3) is 0 Å². The van der Waals surface area contributed by atoms with E-state index in [1.54, 1.807) is 0 Å². The zero-order valence-electron chi connectivity index (χ0n) is 10.1. The number of hydrogen-bond donors (Lipinski definition) is 1. The molecule has 4 heteroatoms. The normalized spacial score (nSPS) is 26.9. The molecule has 2 unspecified atom stereocenters. The number of hydrogen-bond acceptors (Lipinski definition) is 2. The van der Waals surface area contributed by atoms with Crippen molar-refractivity contribution in [3.63, 3.8) is 0 Å². The molecule has 2 atom stereocenters. The Hall–Kier alpha value is 0.0400. The fraction of sp³-hybridized carbons (Fsp3) is 0.909. The minimum absolute atomic E-state index is 0.650. The summed E-state index contributed by atoms with van der Waals surface area (Å²) < 4.78 is 0. The maximum atomic E-state index is 5.40. The lowest BCUT2D eigenvalue weighted by atomic mass is 10.2. The van der Waals surface area contributed by atoms with E-state index in [0.29, 0.717) is 16.4 Å². The lowest BCUT2D eigenvalue weighted by Gasteiger charge is -2.36. The molecule has 0 amide bonds. The summed E-state index contributed by atoms with van der Waals surface area (Å²) in [6.45, 7) is 12.1. The number of nitrogens with one attached hydrogen (secondary N) is 1. The van der Waals surface area contributed by atoms with Gasteiger partial charge >= 0.3 is 0 Å². The zero-order valence-corrected chi connectivity index (χ0v) is 11.8. The number of thiocarbonyl (C=S) groups is 1. The second-order valence-corrected chi connectivity index (χ2v) is 7.01. The summed E-state index contributed by atoms with van der Waals surface area (Å²) in [5, 5.41) is 5.65. The van der Waals surface area contributed by atoms with Gasteiger partial charge in [0, 0.05) is 30.1 Å². The van der Waals surface area contributed by atoms with Gasteiger partial charge in [0.25, 0.3) is 0 Å². The first-order valence-corrected chi connectivity index (χ1v) is 7.02. The molecule has 0 aromatic rings. The number of rotatable bonds is 2. The molecule has 88 valence electrons. The van der Waals surface area contributed by atoms with Crippen molar-refractivity contribution >= 4 is 29.1 Å². The van der Waals surface area contributed by atoms with Gasteiger partial charge < -0.3 is 10.2 Å². The molecule has 1 rings (SSSR count). The highest BCUT2D eigenvalue weighted by molar-refractivity contribution is 8.00. The molecule has 0 aliphatic carbocycles. The topological polar surface area (TPSA) is 15.3 Å². The summed E-state index contributed by atoms with van der Waals surface area (Å²) in [5.41, 5.74) is 0. The van der Waals surface area contributed by atoms with Crippen molar-refractivity contribution in [1.29, 1.82) is 0 Å². The Morgan fingerprint density at radius 1 is 1.40 bits per heavy atom. The van der Waals surface area contributed by atoms with E-state index < -0.39 is 0 Å². The first-order chi connectivity index (χ1) is 6.99. The maximum absolute atomic E-state index is 5.40. The smallest absolute Gasteiger partial charge is 0.169 e. The first-order valence-electron chi connectivity index (χ1n) is 5.67. The highest BCUT2D eigenvalue weighted by Gasteiger charge is 2.23. The largest absolute Gasteiger partial charge is 0.362 e. The van der Waals surface area contributed by atoms with Gasteiger partial charge in [-0.3, -0.25) is 0 Å². The minimum atomic E-state index is 0.650. The molecule has 0 spiro atoms. The van der Waals surface area contributed by atoms with E-state index in [1.165, 1.54) is 0 Å². The van der Waals surface area contributed by atoms with Crippen LogP contribution < -0.4 is 5.32 Å². The van der Waals surface area contributed by atoms with Gasteiger partial charge in [-0.15, -0.1) is 0 Å². The van der Waals surface area contributed by atoms with Gasteiger partial charge in [0.2, 0.25) is 0 Å². The second-order valence-electron chi connectivity index (χ2n) is 4.74. The molecule has 1 heterocycles. The molecule has 1 N–H and O–H groups in total. The van der Waals surface area contributed by atoms with Crippen molar-refractivity contribution in [2.75, 3.05) is 19.6 Å². The summed E-state index contributed by atoms with van der Waals surface area (Å²) >= 11 is 7.46. The van der Waals surface area contributed by atoms with E-state index in [4.69, 9.17) is 12.2 Å². The highest BCUT2D eigenvalue weighted by atomic mass is 32.2. The molecule has 15 heavy (non-hydrogen) atoms. The number of thioether (sulfide) groups is 1. The fourth-order valence-corrected chi connectivity index (χ4v) is 3.30. The van der Waals surface area contributed by atoms with Crippen LogP contribution in [0.15, 0.2) is 0 Å². The standard InChI is InChI=1S/C11H22N2S2/c1-8(2)5-12-11(14)13-6-9(3)15-10(4)7-13/h8-10H,5-7H2,1-4H3,(H,12,14). The van der Waals surface area contributed by atoms with E-state index in [1.807, 2.05) is 0 Å². The van der Waals surface area contributed by atoms with Gasteiger partial charge in [0.05, 0.1) is 0 Å². The molecular weight excluding hydrogens is 224 g/mol. The Bertz CT molecular complexity index is 209. The predicted molar refractivity (Wildman–Crippen MR) is 73.5 cm³/mol. The summed E-state index contributed by atoms with van der Waals surface area (Å²) in [6, 6.07) is 0. The Morgan fingerprint density at radius 2 is 1.93 bits per heavy atom. The Balaban J connectivity index is 2.38.